The van der Waals surface area contributed by atoms with Gasteiger partial charge in [0.15, 0.2) is 0 Å². The molecule has 0 radical (unpaired) electrons. The van der Waals surface area contributed by atoms with E-state index in [-0.39, 0.29) is 16.5 Å². The largest absolute Gasteiger partial charge is 0.492 e. The number of para-hydroxylation sites is 1. The van der Waals surface area contributed by atoms with Gasteiger partial charge in [0.25, 0.3) is 0 Å². The van der Waals surface area contributed by atoms with Gasteiger partial charge in [-0.05, 0) is 43.2 Å². The van der Waals surface area contributed by atoms with Gasteiger partial charge >= 0.3 is 0 Å². The second-order valence-electron chi connectivity index (χ2n) is 5.85. The second kappa shape index (κ2) is 9.21. The number of rotatable bonds is 8. The smallest absolute Gasteiger partial charge is 0.243 e. The predicted octanol–water partition coefficient (Wildman–Crippen LogP) is 3.56. The maximum absolute atomic E-state index is 12.7. The number of aryl methyl sites for hydroxylation is 1. The van der Waals surface area contributed by atoms with Gasteiger partial charge in [-0.15, -0.1) is 0 Å². The lowest BCUT2D eigenvalue weighted by Crippen LogP contribution is -2.35. The summed E-state index contributed by atoms with van der Waals surface area (Å²) in [6.07, 6.45) is 0.759. The van der Waals surface area contributed by atoms with Gasteiger partial charge in [-0.1, -0.05) is 36.7 Å². The first kappa shape index (κ1) is 21.2. The fourth-order valence-electron chi connectivity index (χ4n) is 2.52. The molecule has 1 amide bonds. The summed E-state index contributed by atoms with van der Waals surface area (Å²) in [6, 6.07) is 11.6. The van der Waals surface area contributed by atoms with Crippen LogP contribution in [0.4, 0.5) is 5.69 Å². The molecule has 0 saturated carbocycles. The molecule has 0 aliphatic carbocycles. The molecule has 0 aromatic heterocycles. The van der Waals surface area contributed by atoms with Crippen LogP contribution in [0.25, 0.3) is 0 Å². The van der Waals surface area contributed by atoms with Crippen LogP contribution in [0.15, 0.2) is 47.4 Å². The lowest BCUT2D eigenvalue weighted by atomic mass is 10.1. The number of hydrogen-bond donors (Lipinski definition) is 1. The van der Waals surface area contributed by atoms with Crippen LogP contribution in [0.2, 0.25) is 5.02 Å². The average molecular weight is 411 g/mol. The summed E-state index contributed by atoms with van der Waals surface area (Å²) in [6.45, 7) is 3.90. The van der Waals surface area contributed by atoms with E-state index in [2.05, 4.69) is 5.32 Å². The van der Waals surface area contributed by atoms with Gasteiger partial charge < -0.3 is 10.1 Å². The highest BCUT2D eigenvalue weighted by Crippen LogP contribution is 2.28. The summed E-state index contributed by atoms with van der Waals surface area (Å²) in [5.41, 5.74) is 1.66. The maximum atomic E-state index is 12.7. The summed E-state index contributed by atoms with van der Waals surface area (Å²) < 4.78 is 31.7. The topological polar surface area (TPSA) is 75.7 Å². The Morgan fingerprint density at radius 3 is 2.52 bits per heavy atom. The number of anilines is 1. The van der Waals surface area contributed by atoms with Gasteiger partial charge in [-0.25, -0.2) is 8.42 Å². The summed E-state index contributed by atoms with van der Waals surface area (Å²) in [5.74, 6) is -0.00584. The molecule has 2 aromatic rings. The first-order valence-electron chi connectivity index (χ1n) is 8.56. The van der Waals surface area contributed by atoms with Crippen LogP contribution in [-0.4, -0.2) is 38.8 Å². The van der Waals surface area contributed by atoms with Crippen molar-refractivity contribution in [1.82, 2.24) is 4.31 Å². The van der Waals surface area contributed by atoms with Crippen molar-refractivity contribution in [3.8, 4) is 5.75 Å². The molecular weight excluding hydrogens is 388 g/mol. The molecule has 0 unspecified atom stereocenters. The molecule has 2 rings (SSSR count). The highest BCUT2D eigenvalue weighted by Gasteiger charge is 2.24. The zero-order chi connectivity index (χ0) is 20.0. The molecule has 0 aliphatic heterocycles. The third-order valence-corrected chi connectivity index (χ3v) is 6.04. The van der Waals surface area contributed by atoms with Gasteiger partial charge in [0.1, 0.15) is 5.75 Å². The fraction of sp³-hybridized carbons (Fsp3) is 0.316. The van der Waals surface area contributed by atoms with Gasteiger partial charge in [-0.2, -0.15) is 4.31 Å². The van der Waals surface area contributed by atoms with E-state index in [0.717, 1.165) is 16.3 Å². The van der Waals surface area contributed by atoms with Crippen LogP contribution < -0.4 is 10.1 Å². The normalized spacial score (nSPS) is 11.4. The zero-order valence-corrected chi connectivity index (χ0v) is 17.1. The second-order valence-corrected chi connectivity index (χ2v) is 8.30. The van der Waals surface area contributed by atoms with Crippen LogP contribution >= 0.6 is 11.6 Å². The van der Waals surface area contributed by atoms with Crippen LogP contribution in [-0.2, 0) is 21.2 Å². The van der Waals surface area contributed by atoms with Crippen LogP contribution in [0.5, 0.6) is 5.75 Å². The minimum Gasteiger partial charge on any atom is -0.492 e. The quantitative estimate of drug-likeness (QED) is 0.721. The lowest BCUT2D eigenvalue weighted by Gasteiger charge is -2.18. The molecule has 0 aliphatic rings. The summed E-state index contributed by atoms with van der Waals surface area (Å²) in [4.78, 5) is 12.3. The molecular formula is C19H23ClN2O4S. The molecule has 146 valence electrons. The van der Waals surface area contributed by atoms with E-state index in [9.17, 15) is 13.2 Å². The Morgan fingerprint density at radius 1 is 1.19 bits per heavy atom. The molecule has 1 N–H and O–H groups in total. The van der Waals surface area contributed by atoms with Crippen molar-refractivity contribution in [2.75, 3.05) is 25.5 Å². The van der Waals surface area contributed by atoms with Crippen LogP contribution in [0, 0.1) is 0 Å². The summed E-state index contributed by atoms with van der Waals surface area (Å²) in [5, 5.41) is 2.96. The molecule has 27 heavy (non-hydrogen) atoms. The average Bonchev–Trinajstić information content (AvgIpc) is 2.63. The Morgan fingerprint density at radius 2 is 1.89 bits per heavy atom. The van der Waals surface area contributed by atoms with Crippen molar-refractivity contribution >= 4 is 33.2 Å². The van der Waals surface area contributed by atoms with E-state index in [1.807, 2.05) is 32.0 Å². The van der Waals surface area contributed by atoms with Gasteiger partial charge in [0.2, 0.25) is 15.9 Å². The number of nitrogens with zero attached hydrogens (tertiary/aromatic N) is 1. The number of amides is 1. The highest BCUT2D eigenvalue weighted by atomic mass is 35.5. The monoisotopic (exact) mass is 410 g/mol. The van der Waals surface area contributed by atoms with Crippen molar-refractivity contribution in [2.45, 2.75) is 25.2 Å². The molecule has 2 aromatic carbocycles. The number of nitrogens with one attached hydrogen (secondary N) is 1. The Balaban J connectivity index is 2.12. The molecule has 8 heteroatoms. The Hall–Kier alpha value is -2.09. The van der Waals surface area contributed by atoms with Crippen molar-refractivity contribution in [3.05, 3.63) is 53.1 Å². The van der Waals surface area contributed by atoms with Crippen LogP contribution in [0.3, 0.4) is 0 Å². The maximum Gasteiger partial charge on any atom is 0.243 e. The van der Waals surface area contributed by atoms with E-state index in [1.54, 1.807) is 6.07 Å². The molecule has 0 heterocycles. The van der Waals surface area contributed by atoms with Gasteiger partial charge in [0, 0.05) is 12.7 Å². The molecule has 0 atom stereocenters. The fourth-order valence-corrected chi connectivity index (χ4v) is 3.98. The molecule has 0 fully saturated rings. The first-order chi connectivity index (χ1) is 12.8. The van der Waals surface area contributed by atoms with Gasteiger partial charge in [0.05, 0.1) is 23.1 Å². The number of hydrogen-bond acceptors (Lipinski definition) is 4. The number of halogens is 1. The van der Waals surface area contributed by atoms with E-state index < -0.39 is 15.9 Å². The molecule has 0 spiro atoms. The number of sulfonamides is 1. The molecule has 0 saturated heterocycles. The van der Waals surface area contributed by atoms with Crippen molar-refractivity contribution < 1.29 is 17.9 Å². The summed E-state index contributed by atoms with van der Waals surface area (Å²) >= 11 is 6.08. The van der Waals surface area contributed by atoms with E-state index in [4.69, 9.17) is 16.3 Å². The molecule has 0 bridgehead atoms. The third-order valence-electron chi connectivity index (χ3n) is 3.95. The Bertz CT molecular complexity index is 916. The number of carbonyl (C=O) groups is 1. The number of benzene rings is 2. The standard InChI is InChI=1S/C19H23ClN2O4S/c1-4-14-8-6-7-9-17(14)21-19(23)13-22(3)27(24,25)15-10-11-18(26-5-2)16(20)12-15/h6-12H,4-5,13H2,1-3H3,(H,21,23). The zero-order valence-electron chi connectivity index (χ0n) is 15.5. The van der Waals surface area contributed by atoms with Crippen LogP contribution in [0.1, 0.15) is 19.4 Å². The minimum absolute atomic E-state index is 0.000196. The Kier molecular flexibility index (Phi) is 7.24. The Labute approximate surface area is 165 Å². The first-order valence-corrected chi connectivity index (χ1v) is 10.4. The van der Waals surface area contributed by atoms with Gasteiger partial charge in [-0.3, -0.25) is 4.79 Å². The minimum atomic E-state index is -3.86. The van der Waals surface area contributed by atoms with Crippen molar-refractivity contribution in [3.63, 3.8) is 0 Å². The predicted molar refractivity (Wildman–Crippen MR) is 107 cm³/mol. The summed E-state index contributed by atoms with van der Waals surface area (Å²) in [7, 11) is -2.51. The lowest BCUT2D eigenvalue weighted by molar-refractivity contribution is -0.116. The van der Waals surface area contributed by atoms with E-state index in [0.29, 0.717) is 18.0 Å². The number of likely N-dealkylation sites (N-methyl/N-ethyl adjacent to an activating group) is 1. The molecule has 6 nitrogen and oxygen atoms in total. The highest BCUT2D eigenvalue weighted by molar-refractivity contribution is 7.89. The van der Waals surface area contributed by atoms with Crippen molar-refractivity contribution in [1.29, 1.82) is 0 Å². The third kappa shape index (κ3) is 5.22. The number of ether oxygens (including phenoxy) is 1. The number of carbonyl (C=O) groups excluding carboxylic acids is 1. The van der Waals surface area contributed by atoms with E-state index in [1.165, 1.54) is 25.2 Å². The van der Waals surface area contributed by atoms with Crippen molar-refractivity contribution in [2.24, 2.45) is 0 Å². The SMILES string of the molecule is CCOc1ccc(S(=O)(=O)N(C)CC(=O)Nc2ccccc2CC)cc1Cl. The van der Waals surface area contributed by atoms with E-state index >= 15 is 0 Å².